The van der Waals surface area contributed by atoms with E-state index in [-0.39, 0.29) is 11.4 Å². The lowest BCUT2D eigenvalue weighted by Gasteiger charge is -2.13. The van der Waals surface area contributed by atoms with E-state index in [9.17, 15) is 23.2 Å². The van der Waals surface area contributed by atoms with Gasteiger partial charge in [0.15, 0.2) is 0 Å². The molecule has 4 rings (SSSR count). The standard InChI is InChI=1S/C29H22F3N3O2S/c1-18-6-8-20(9-7-18)26-15-24(19-10-12-23(37-2)13-11-19)25(16-33)28(35-26)38-17-27(36)34-22-5-3-4-21(14-22)29(30,31)32/h3-15H,17H2,1-2H3,(H,34,36). The van der Waals surface area contributed by atoms with E-state index < -0.39 is 17.6 Å². The van der Waals surface area contributed by atoms with Gasteiger partial charge in [0.2, 0.25) is 5.91 Å². The highest BCUT2D eigenvalue weighted by Crippen LogP contribution is 2.35. The predicted octanol–water partition coefficient (Wildman–Crippen LogP) is 7.35. The average molecular weight is 534 g/mol. The molecule has 1 heterocycles. The number of benzene rings is 3. The van der Waals surface area contributed by atoms with Crippen molar-refractivity contribution in [1.82, 2.24) is 4.98 Å². The monoisotopic (exact) mass is 533 g/mol. The summed E-state index contributed by atoms with van der Waals surface area (Å²) in [7, 11) is 1.57. The number of thioether (sulfide) groups is 1. The highest BCUT2D eigenvalue weighted by atomic mass is 32.2. The number of aromatic nitrogens is 1. The van der Waals surface area contributed by atoms with Crippen LogP contribution in [0.25, 0.3) is 22.4 Å². The molecule has 3 aromatic carbocycles. The molecule has 0 aliphatic rings. The number of nitrogens with one attached hydrogen (secondary N) is 1. The first kappa shape index (κ1) is 26.8. The van der Waals surface area contributed by atoms with Gasteiger partial charge in [0, 0.05) is 16.8 Å². The van der Waals surface area contributed by atoms with Gasteiger partial charge >= 0.3 is 6.18 Å². The molecule has 0 saturated carbocycles. The number of hydrogen-bond acceptors (Lipinski definition) is 5. The number of alkyl halides is 3. The predicted molar refractivity (Wildman–Crippen MR) is 142 cm³/mol. The molecule has 38 heavy (non-hydrogen) atoms. The number of rotatable bonds is 7. The van der Waals surface area contributed by atoms with E-state index in [0.29, 0.717) is 27.6 Å². The van der Waals surface area contributed by atoms with Crippen LogP contribution in [0.1, 0.15) is 16.7 Å². The minimum Gasteiger partial charge on any atom is -0.497 e. The molecule has 0 radical (unpaired) electrons. The van der Waals surface area contributed by atoms with Gasteiger partial charge in [-0.3, -0.25) is 4.79 Å². The smallest absolute Gasteiger partial charge is 0.416 e. The Morgan fingerprint density at radius 2 is 1.71 bits per heavy atom. The first-order valence-electron chi connectivity index (χ1n) is 11.4. The molecule has 0 fully saturated rings. The van der Waals surface area contributed by atoms with Crippen molar-refractivity contribution in [3.63, 3.8) is 0 Å². The minimum atomic E-state index is -4.52. The number of methoxy groups -OCH3 is 1. The zero-order valence-corrected chi connectivity index (χ0v) is 21.3. The van der Waals surface area contributed by atoms with Crippen LogP contribution in [0.4, 0.5) is 18.9 Å². The molecule has 1 N–H and O–H groups in total. The summed E-state index contributed by atoms with van der Waals surface area (Å²) in [6.07, 6.45) is -4.52. The summed E-state index contributed by atoms with van der Waals surface area (Å²) in [6.45, 7) is 1.98. The Kier molecular flexibility index (Phi) is 8.03. The van der Waals surface area contributed by atoms with Crippen molar-refractivity contribution < 1.29 is 22.7 Å². The van der Waals surface area contributed by atoms with Gasteiger partial charge in [-0.2, -0.15) is 18.4 Å². The van der Waals surface area contributed by atoms with Crippen LogP contribution in [0.3, 0.4) is 0 Å². The number of hydrogen-bond donors (Lipinski definition) is 1. The summed E-state index contributed by atoms with van der Waals surface area (Å²) in [4.78, 5) is 17.3. The molecule has 0 aliphatic heterocycles. The summed E-state index contributed by atoms with van der Waals surface area (Å²) < 4.78 is 44.3. The molecule has 4 aromatic rings. The second kappa shape index (κ2) is 11.4. The maximum atomic E-state index is 13.0. The number of pyridine rings is 1. The molecule has 0 aliphatic carbocycles. The molecule has 0 spiro atoms. The van der Waals surface area contributed by atoms with E-state index in [1.807, 2.05) is 49.4 Å². The Bertz CT molecular complexity index is 1500. The van der Waals surface area contributed by atoms with Gasteiger partial charge in [0.1, 0.15) is 16.8 Å². The van der Waals surface area contributed by atoms with Crippen LogP contribution >= 0.6 is 11.8 Å². The van der Waals surface area contributed by atoms with Crippen LogP contribution in [0.2, 0.25) is 0 Å². The van der Waals surface area contributed by atoms with Crippen LogP contribution in [0.15, 0.2) is 83.9 Å². The minimum absolute atomic E-state index is 0.0335. The van der Waals surface area contributed by atoms with Crippen LogP contribution in [-0.2, 0) is 11.0 Å². The molecule has 0 atom stereocenters. The third-order valence-electron chi connectivity index (χ3n) is 5.66. The lowest BCUT2D eigenvalue weighted by atomic mass is 9.99. The number of carbonyl (C=O) groups is 1. The molecule has 0 saturated heterocycles. The van der Waals surface area contributed by atoms with Crippen LogP contribution in [0, 0.1) is 18.3 Å². The Balaban J connectivity index is 1.66. The lowest BCUT2D eigenvalue weighted by molar-refractivity contribution is -0.137. The third-order valence-corrected chi connectivity index (χ3v) is 6.64. The van der Waals surface area contributed by atoms with Crippen LogP contribution in [-0.4, -0.2) is 23.8 Å². The van der Waals surface area contributed by atoms with Crippen molar-refractivity contribution in [1.29, 1.82) is 5.26 Å². The first-order valence-corrected chi connectivity index (χ1v) is 12.4. The topological polar surface area (TPSA) is 75.0 Å². The molecular weight excluding hydrogens is 511 g/mol. The third kappa shape index (κ3) is 6.33. The fourth-order valence-electron chi connectivity index (χ4n) is 3.71. The quantitative estimate of drug-likeness (QED) is 0.251. The fourth-order valence-corrected chi connectivity index (χ4v) is 4.51. The SMILES string of the molecule is COc1ccc(-c2cc(-c3ccc(C)cc3)nc(SCC(=O)Nc3cccc(C(F)(F)F)c3)c2C#N)cc1. The number of amides is 1. The molecular formula is C29H22F3N3O2S. The number of carbonyl (C=O) groups excluding carboxylic acids is 1. The second-order valence-corrected chi connectivity index (χ2v) is 9.32. The Morgan fingerprint density at radius 1 is 1.03 bits per heavy atom. The summed E-state index contributed by atoms with van der Waals surface area (Å²) >= 11 is 1.04. The highest BCUT2D eigenvalue weighted by molar-refractivity contribution is 8.00. The molecule has 1 aromatic heterocycles. The van der Waals surface area contributed by atoms with Gasteiger partial charge < -0.3 is 10.1 Å². The Hall–Kier alpha value is -4.29. The zero-order valence-electron chi connectivity index (χ0n) is 20.5. The van der Waals surface area contributed by atoms with Crippen molar-refractivity contribution in [2.24, 2.45) is 0 Å². The number of ether oxygens (including phenoxy) is 1. The van der Waals surface area contributed by atoms with Gasteiger partial charge in [0.25, 0.3) is 0 Å². The Labute approximate surface area is 222 Å². The number of nitriles is 1. The van der Waals surface area contributed by atoms with Crippen molar-refractivity contribution >= 4 is 23.4 Å². The highest BCUT2D eigenvalue weighted by Gasteiger charge is 2.30. The van der Waals surface area contributed by atoms with E-state index in [4.69, 9.17) is 4.74 Å². The maximum absolute atomic E-state index is 13.0. The summed E-state index contributed by atoms with van der Waals surface area (Å²) in [5.74, 6) is -0.00942. The van der Waals surface area contributed by atoms with Crippen molar-refractivity contribution in [2.45, 2.75) is 18.1 Å². The van der Waals surface area contributed by atoms with Crippen molar-refractivity contribution in [3.05, 3.63) is 95.6 Å². The second-order valence-electron chi connectivity index (χ2n) is 8.36. The van der Waals surface area contributed by atoms with E-state index >= 15 is 0 Å². The van der Waals surface area contributed by atoms with Crippen LogP contribution in [0.5, 0.6) is 5.75 Å². The maximum Gasteiger partial charge on any atom is 0.416 e. The van der Waals surface area contributed by atoms with E-state index in [1.165, 1.54) is 12.1 Å². The lowest BCUT2D eigenvalue weighted by Crippen LogP contribution is -2.15. The molecule has 1 amide bonds. The fraction of sp³-hybridized carbons (Fsp3) is 0.138. The molecule has 192 valence electrons. The van der Waals surface area contributed by atoms with E-state index in [2.05, 4.69) is 16.4 Å². The summed E-state index contributed by atoms with van der Waals surface area (Å²) in [5.41, 5.74) is 3.43. The van der Waals surface area contributed by atoms with E-state index in [1.54, 1.807) is 19.2 Å². The van der Waals surface area contributed by atoms with Crippen LogP contribution < -0.4 is 10.1 Å². The van der Waals surface area contributed by atoms with Crippen molar-refractivity contribution in [2.75, 3.05) is 18.2 Å². The van der Waals surface area contributed by atoms with Gasteiger partial charge in [-0.05, 0) is 48.9 Å². The number of anilines is 1. The molecule has 5 nitrogen and oxygen atoms in total. The van der Waals surface area contributed by atoms with Gasteiger partial charge in [-0.1, -0.05) is 59.8 Å². The number of aryl methyl sites for hydroxylation is 1. The Morgan fingerprint density at radius 3 is 2.34 bits per heavy atom. The normalized spacial score (nSPS) is 11.1. The zero-order chi connectivity index (χ0) is 27.3. The largest absolute Gasteiger partial charge is 0.497 e. The molecule has 0 bridgehead atoms. The van der Waals surface area contributed by atoms with Gasteiger partial charge in [-0.25, -0.2) is 4.98 Å². The van der Waals surface area contributed by atoms with Gasteiger partial charge in [0.05, 0.1) is 29.7 Å². The van der Waals surface area contributed by atoms with E-state index in [0.717, 1.165) is 40.6 Å². The van der Waals surface area contributed by atoms with Gasteiger partial charge in [-0.15, -0.1) is 0 Å². The molecule has 0 unspecified atom stereocenters. The average Bonchev–Trinajstić information content (AvgIpc) is 2.91. The van der Waals surface area contributed by atoms with Crippen molar-refractivity contribution in [3.8, 4) is 34.2 Å². The molecule has 9 heteroatoms. The number of nitrogens with zero attached hydrogens (tertiary/aromatic N) is 2. The summed E-state index contributed by atoms with van der Waals surface area (Å²) in [6, 6.07) is 23.5. The summed E-state index contributed by atoms with van der Waals surface area (Å²) in [5, 5.41) is 12.9. The number of halogens is 3. The first-order chi connectivity index (χ1) is 18.2.